The molecule has 2 aliphatic heterocycles. The lowest BCUT2D eigenvalue weighted by molar-refractivity contribution is -0.0337. The summed E-state index contributed by atoms with van der Waals surface area (Å²) < 4.78 is 5.47. The molecule has 6 heteroatoms. The molecule has 3 heterocycles. The Morgan fingerprint density at radius 3 is 2.77 bits per heavy atom. The molecule has 0 aromatic carbocycles. The monoisotopic (exact) mass is 321 g/mol. The van der Waals surface area contributed by atoms with Gasteiger partial charge in [0.25, 0.3) is 5.91 Å². The number of amides is 1. The number of pyridine rings is 1. The van der Waals surface area contributed by atoms with Crippen molar-refractivity contribution in [2.45, 2.75) is 32.0 Å². The maximum Gasteiger partial charge on any atom is 0.257 e. The minimum absolute atomic E-state index is 0.0255. The van der Waals surface area contributed by atoms with E-state index in [1.165, 1.54) is 12.8 Å². The summed E-state index contributed by atoms with van der Waals surface area (Å²) in [5.41, 5.74) is 1.70. The second-order valence-electron chi connectivity index (χ2n) is 6.41. The second-order valence-corrected chi connectivity index (χ2v) is 6.79. The molecule has 22 heavy (non-hydrogen) atoms. The molecule has 2 atom stereocenters. The average molecular weight is 322 g/mol. The zero-order valence-electron chi connectivity index (χ0n) is 12.7. The SMILES string of the molecule is CC(C1CC1)N1C(=O)c2cnc(Cl)cc2[C@H]1N1CCOCC1. The highest BCUT2D eigenvalue weighted by Gasteiger charge is 2.46. The molecule has 1 saturated carbocycles. The Kier molecular flexibility index (Phi) is 3.59. The number of fused-ring (bicyclic) bond motifs is 1. The van der Waals surface area contributed by atoms with Gasteiger partial charge in [0.1, 0.15) is 11.3 Å². The van der Waals surface area contributed by atoms with Crippen LogP contribution in [0, 0.1) is 5.92 Å². The molecule has 118 valence electrons. The van der Waals surface area contributed by atoms with Gasteiger partial charge in [0.2, 0.25) is 0 Å². The Balaban J connectivity index is 1.74. The Bertz CT molecular complexity index is 599. The van der Waals surface area contributed by atoms with Gasteiger partial charge in [-0.3, -0.25) is 9.69 Å². The van der Waals surface area contributed by atoms with Gasteiger partial charge in [0.05, 0.1) is 18.8 Å². The molecule has 0 spiro atoms. The van der Waals surface area contributed by atoms with Crippen LogP contribution in [0.4, 0.5) is 0 Å². The fourth-order valence-electron chi connectivity index (χ4n) is 3.64. The molecular formula is C16H20ClN3O2. The smallest absolute Gasteiger partial charge is 0.257 e. The Hall–Kier alpha value is -1.17. The molecule has 0 bridgehead atoms. The van der Waals surface area contributed by atoms with Gasteiger partial charge in [-0.2, -0.15) is 0 Å². The van der Waals surface area contributed by atoms with Gasteiger partial charge in [0, 0.05) is 30.9 Å². The van der Waals surface area contributed by atoms with Crippen molar-refractivity contribution in [1.82, 2.24) is 14.8 Å². The summed E-state index contributed by atoms with van der Waals surface area (Å²) >= 11 is 6.09. The highest BCUT2D eigenvalue weighted by molar-refractivity contribution is 6.29. The summed E-state index contributed by atoms with van der Waals surface area (Å²) in [4.78, 5) is 21.4. The molecule has 0 N–H and O–H groups in total. The number of morpholine rings is 1. The van der Waals surface area contributed by atoms with Crippen LogP contribution in [0.1, 0.15) is 41.9 Å². The first-order valence-corrected chi connectivity index (χ1v) is 8.34. The summed E-state index contributed by atoms with van der Waals surface area (Å²) in [5.74, 6) is 0.722. The topological polar surface area (TPSA) is 45.7 Å². The molecule has 1 unspecified atom stereocenters. The molecule has 1 aliphatic carbocycles. The van der Waals surface area contributed by atoms with Crippen LogP contribution in [-0.4, -0.2) is 53.0 Å². The van der Waals surface area contributed by atoms with Gasteiger partial charge >= 0.3 is 0 Å². The Labute approximate surface area is 135 Å². The number of carbonyl (C=O) groups excluding carboxylic acids is 1. The fourth-order valence-corrected chi connectivity index (χ4v) is 3.81. The van der Waals surface area contributed by atoms with Gasteiger partial charge in [-0.15, -0.1) is 0 Å². The number of carbonyl (C=O) groups is 1. The van der Waals surface area contributed by atoms with E-state index in [9.17, 15) is 4.79 Å². The minimum Gasteiger partial charge on any atom is -0.379 e. The van der Waals surface area contributed by atoms with E-state index in [1.54, 1.807) is 6.20 Å². The van der Waals surface area contributed by atoms with Crippen molar-refractivity contribution in [2.75, 3.05) is 26.3 Å². The molecule has 4 rings (SSSR count). The summed E-state index contributed by atoms with van der Waals surface area (Å²) in [6.07, 6.45) is 4.04. The number of halogens is 1. The van der Waals surface area contributed by atoms with Gasteiger partial charge in [-0.1, -0.05) is 11.6 Å². The number of nitrogens with zero attached hydrogens (tertiary/aromatic N) is 3. The number of rotatable bonds is 3. The van der Waals surface area contributed by atoms with Crippen molar-refractivity contribution in [3.63, 3.8) is 0 Å². The second kappa shape index (κ2) is 5.48. The van der Waals surface area contributed by atoms with Crippen LogP contribution in [0.5, 0.6) is 0 Å². The quantitative estimate of drug-likeness (QED) is 0.802. The highest BCUT2D eigenvalue weighted by Crippen LogP contribution is 2.44. The van der Waals surface area contributed by atoms with E-state index in [-0.39, 0.29) is 18.1 Å². The summed E-state index contributed by atoms with van der Waals surface area (Å²) in [5, 5.41) is 0.450. The molecule has 1 aromatic rings. The molecule has 5 nitrogen and oxygen atoms in total. The van der Waals surface area contributed by atoms with Crippen LogP contribution in [0.2, 0.25) is 5.15 Å². The first-order valence-electron chi connectivity index (χ1n) is 7.96. The molecule has 1 amide bonds. The highest BCUT2D eigenvalue weighted by atomic mass is 35.5. The fraction of sp³-hybridized carbons (Fsp3) is 0.625. The van der Waals surface area contributed by atoms with Crippen molar-refractivity contribution in [3.05, 3.63) is 28.5 Å². The minimum atomic E-state index is -0.0255. The predicted octanol–water partition coefficient (Wildman–Crippen LogP) is 2.32. The van der Waals surface area contributed by atoms with E-state index in [0.717, 1.165) is 18.7 Å². The van der Waals surface area contributed by atoms with Gasteiger partial charge in [-0.25, -0.2) is 4.98 Å². The van der Waals surface area contributed by atoms with Crippen LogP contribution >= 0.6 is 11.6 Å². The van der Waals surface area contributed by atoms with E-state index >= 15 is 0 Å². The van der Waals surface area contributed by atoms with Gasteiger partial charge < -0.3 is 9.64 Å². The number of ether oxygens (including phenoxy) is 1. The lowest BCUT2D eigenvalue weighted by Gasteiger charge is -2.40. The maximum absolute atomic E-state index is 12.9. The number of aromatic nitrogens is 1. The van der Waals surface area contributed by atoms with E-state index in [4.69, 9.17) is 16.3 Å². The molecule has 0 radical (unpaired) electrons. The molecule has 1 saturated heterocycles. The zero-order valence-corrected chi connectivity index (χ0v) is 13.4. The summed E-state index contributed by atoms with van der Waals surface area (Å²) in [6.45, 7) is 5.27. The van der Waals surface area contributed by atoms with Crippen LogP contribution in [0.3, 0.4) is 0 Å². The molecule has 1 aromatic heterocycles. The third-order valence-electron chi connectivity index (χ3n) is 5.04. The standard InChI is InChI=1S/C16H20ClN3O2/c1-10(11-2-3-11)20-15(19-4-6-22-7-5-19)12-8-14(17)18-9-13(12)16(20)21/h8-11,15H,2-7H2,1H3/t10?,15-/m0/s1. The lowest BCUT2D eigenvalue weighted by atomic mass is 10.1. The normalized spacial score (nSPS) is 27.1. The van der Waals surface area contributed by atoms with Crippen LogP contribution in [0.15, 0.2) is 12.3 Å². The zero-order chi connectivity index (χ0) is 15.3. The van der Waals surface area contributed by atoms with Crippen LogP contribution in [0.25, 0.3) is 0 Å². The van der Waals surface area contributed by atoms with Crippen LogP contribution < -0.4 is 0 Å². The Morgan fingerprint density at radius 2 is 2.09 bits per heavy atom. The van der Waals surface area contributed by atoms with E-state index in [1.807, 2.05) is 11.0 Å². The third kappa shape index (κ3) is 2.32. The van der Waals surface area contributed by atoms with E-state index in [0.29, 0.717) is 29.8 Å². The van der Waals surface area contributed by atoms with Crippen molar-refractivity contribution >= 4 is 17.5 Å². The number of hydrogen-bond donors (Lipinski definition) is 0. The molecule has 3 aliphatic rings. The lowest BCUT2D eigenvalue weighted by Crippen LogP contribution is -2.48. The van der Waals surface area contributed by atoms with Crippen molar-refractivity contribution in [3.8, 4) is 0 Å². The average Bonchev–Trinajstić information content (AvgIpc) is 3.33. The van der Waals surface area contributed by atoms with Crippen molar-refractivity contribution in [1.29, 1.82) is 0 Å². The largest absolute Gasteiger partial charge is 0.379 e. The predicted molar refractivity (Wildman–Crippen MR) is 82.7 cm³/mol. The first-order chi connectivity index (χ1) is 10.7. The molecule has 2 fully saturated rings. The Morgan fingerprint density at radius 1 is 1.36 bits per heavy atom. The summed E-state index contributed by atoms with van der Waals surface area (Å²) in [7, 11) is 0. The van der Waals surface area contributed by atoms with Gasteiger partial charge in [-0.05, 0) is 31.7 Å². The van der Waals surface area contributed by atoms with E-state index < -0.39 is 0 Å². The van der Waals surface area contributed by atoms with E-state index in [2.05, 4.69) is 16.8 Å². The number of hydrogen-bond acceptors (Lipinski definition) is 4. The van der Waals surface area contributed by atoms with Crippen molar-refractivity contribution in [2.24, 2.45) is 5.92 Å². The third-order valence-corrected chi connectivity index (χ3v) is 5.25. The van der Waals surface area contributed by atoms with Gasteiger partial charge in [0.15, 0.2) is 0 Å². The first kappa shape index (κ1) is 14.4. The summed E-state index contributed by atoms with van der Waals surface area (Å²) in [6, 6.07) is 2.11. The maximum atomic E-state index is 12.9. The molecular weight excluding hydrogens is 302 g/mol. The van der Waals surface area contributed by atoms with Crippen molar-refractivity contribution < 1.29 is 9.53 Å². The van der Waals surface area contributed by atoms with Crippen LogP contribution in [-0.2, 0) is 4.74 Å².